The zero-order valence-electron chi connectivity index (χ0n) is 35.7. The average Bonchev–Trinajstić information content (AvgIpc) is 3.62. The van der Waals surface area contributed by atoms with Crippen LogP contribution in [-0.2, 0) is 22.4 Å². The van der Waals surface area contributed by atoms with E-state index < -0.39 is 12.0 Å². The van der Waals surface area contributed by atoms with Crippen molar-refractivity contribution in [1.29, 1.82) is 0 Å². The molecule has 0 aliphatic heterocycles. The van der Waals surface area contributed by atoms with Crippen LogP contribution in [0.1, 0.15) is 133 Å². The van der Waals surface area contributed by atoms with Crippen molar-refractivity contribution < 1.29 is 24.6 Å². The number of benzene rings is 2. The number of carbonyl (C=O) groups excluding carboxylic acids is 2. The number of hydrogen-bond acceptors (Lipinski definition) is 6. The molecule has 9 unspecified atom stereocenters. The number of fused-ring (bicyclic) bond motifs is 7. The van der Waals surface area contributed by atoms with E-state index in [2.05, 4.69) is 44.9 Å². The minimum absolute atomic E-state index is 0.0816. The van der Waals surface area contributed by atoms with E-state index in [1.165, 1.54) is 88.9 Å². The Morgan fingerprint density at radius 2 is 1.55 bits per heavy atom. The van der Waals surface area contributed by atoms with Crippen molar-refractivity contribution in [2.45, 2.75) is 131 Å². The van der Waals surface area contributed by atoms with E-state index in [1.807, 2.05) is 38.2 Å². The molecule has 5 fully saturated rings. The number of aliphatic carboxylic acids is 1. The van der Waals surface area contributed by atoms with Crippen LogP contribution in [0.2, 0.25) is 0 Å². The number of hydrogen-bond donors (Lipinski definition) is 4. The minimum Gasteiger partial charge on any atom is -0.508 e. The van der Waals surface area contributed by atoms with Gasteiger partial charge in [0, 0.05) is 11.0 Å². The first-order valence-electron chi connectivity index (χ1n) is 21.6. The van der Waals surface area contributed by atoms with Gasteiger partial charge in [0.25, 0.3) is 0 Å². The summed E-state index contributed by atoms with van der Waals surface area (Å²) in [7, 11) is 3.53. The van der Waals surface area contributed by atoms with Gasteiger partial charge in [-0.05, 0) is 180 Å². The summed E-state index contributed by atoms with van der Waals surface area (Å²) in [6, 6.07) is 13.6. The number of rotatable bonds is 9. The largest absolute Gasteiger partial charge is 0.508 e. The fourth-order valence-corrected chi connectivity index (χ4v) is 12.8. The third kappa shape index (κ3) is 10.0. The van der Waals surface area contributed by atoms with Gasteiger partial charge in [0.2, 0.25) is 0 Å². The minimum atomic E-state index is -0.874. The van der Waals surface area contributed by atoms with Crippen molar-refractivity contribution in [3.8, 4) is 5.75 Å². The molecule has 9 atom stereocenters. The summed E-state index contributed by atoms with van der Waals surface area (Å²) < 4.78 is 0. The molecule has 5 aliphatic rings. The molecule has 0 radical (unpaired) electrons. The van der Waals surface area contributed by atoms with Crippen molar-refractivity contribution in [2.75, 3.05) is 20.6 Å². The fraction of sp³-hybridized carbons (Fsp3) is 0.653. The average molecular weight is 771 g/mol. The normalized spacial score (nSPS) is 32.6. The van der Waals surface area contributed by atoms with Gasteiger partial charge in [-0.25, -0.2) is 0 Å². The first kappa shape index (κ1) is 45.4. The van der Waals surface area contributed by atoms with Gasteiger partial charge in [0.1, 0.15) is 24.4 Å². The molecule has 2 aromatic rings. The van der Waals surface area contributed by atoms with E-state index in [0.29, 0.717) is 22.7 Å². The molecular weight excluding hydrogens is 697 g/mol. The molecule has 0 bridgehead atoms. The molecule has 0 saturated heterocycles. The van der Waals surface area contributed by atoms with Crippen LogP contribution in [-0.4, -0.2) is 55.4 Å². The van der Waals surface area contributed by atoms with Crippen molar-refractivity contribution in [3.63, 3.8) is 0 Å². The summed E-state index contributed by atoms with van der Waals surface area (Å²) >= 11 is 0. The number of aromatic hydroxyl groups is 1. The molecule has 310 valence electrons. The van der Waals surface area contributed by atoms with Gasteiger partial charge in [-0.15, -0.1) is 6.58 Å². The summed E-state index contributed by atoms with van der Waals surface area (Å²) in [5, 5.41) is 23.6. The molecule has 4 N–H and O–H groups in total. The number of likely N-dealkylation sites (N-methyl/N-ethyl adjacent to an activating group) is 2. The monoisotopic (exact) mass is 771 g/mol. The number of carbonyl (C=O) groups is 3. The van der Waals surface area contributed by atoms with Crippen molar-refractivity contribution in [2.24, 2.45) is 51.2 Å². The number of aldehydes is 2. The van der Waals surface area contributed by atoms with Gasteiger partial charge < -0.3 is 25.6 Å². The molecule has 7 nitrogen and oxygen atoms in total. The van der Waals surface area contributed by atoms with Crippen LogP contribution in [0.5, 0.6) is 5.75 Å². The van der Waals surface area contributed by atoms with Crippen LogP contribution in [0, 0.1) is 51.2 Å². The van der Waals surface area contributed by atoms with Crippen LogP contribution in [0.3, 0.4) is 0 Å². The summed E-state index contributed by atoms with van der Waals surface area (Å²) in [6.07, 6.45) is 22.0. The predicted molar refractivity (Wildman–Crippen MR) is 229 cm³/mol. The lowest BCUT2D eigenvalue weighted by Gasteiger charge is -2.68. The summed E-state index contributed by atoms with van der Waals surface area (Å²) in [5.74, 6) is 3.64. The van der Waals surface area contributed by atoms with Gasteiger partial charge in [-0.2, -0.15) is 0 Å². The molecule has 2 aromatic carbocycles. The molecule has 7 heteroatoms. The lowest BCUT2D eigenvalue weighted by molar-refractivity contribution is -0.194. The van der Waals surface area contributed by atoms with Gasteiger partial charge in [-0.3, -0.25) is 9.59 Å². The molecule has 5 aliphatic carbocycles. The maximum Gasteiger partial charge on any atom is 0.321 e. The number of phenolic OH excluding ortho intramolecular Hbond substituents is 1. The highest BCUT2D eigenvalue weighted by molar-refractivity contribution is 5.75. The second-order valence-corrected chi connectivity index (χ2v) is 18.9. The third-order valence-corrected chi connectivity index (χ3v) is 15.3. The molecule has 56 heavy (non-hydrogen) atoms. The predicted octanol–water partition coefficient (Wildman–Crippen LogP) is 10.1. The van der Waals surface area contributed by atoms with E-state index in [4.69, 9.17) is 10.2 Å². The molecular formula is C49H74N2O5. The molecule has 0 spiro atoms. The molecule has 0 aromatic heterocycles. The Balaban J connectivity index is 0.000000202. The van der Waals surface area contributed by atoms with Crippen LogP contribution < -0.4 is 10.6 Å². The number of nitrogens with one attached hydrogen (secondary N) is 2. The second kappa shape index (κ2) is 19.9. The Hall–Kier alpha value is -3.29. The van der Waals surface area contributed by atoms with E-state index in [-0.39, 0.29) is 11.2 Å². The van der Waals surface area contributed by atoms with Crippen molar-refractivity contribution in [3.05, 3.63) is 77.9 Å². The van der Waals surface area contributed by atoms with Gasteiger partial charge >= 0.3 is 5.97 Å². The lowest BCUT2D eigenvalue weighted by atomic mass is 9.36. The summed E-state index contributed by atoms with van der Waals surface area (Å²) in [6.45, 7) is 16.7. The Morgan fingerprint density at radius 3 is 2.18 bits per heavy atom. The second-order valence-electron chi connectivity index (χ2n) is 18.9. The Bertz CT molecular complexity index is 1590. The highest BCUT2D eigenvalue weighted by Crippen LogP contribution is 2.72. The van der Waals surface area contributed by atoms with Gasteiger partial charge in [-0.1, -0.05) is 76.9 Å². The first-order valence-corrected chi connectivity index (χ1v) is 21.6. The maximum atomic E-state index is 12.1. The smallest absolute Gasteiger partial charge is 0.321 e. The van der Waals surface area contributed by atoms with Crippen molar-refractivity contribution in [1.82, 2.24) is 10.6 Å². The third-order valence-electron chi connectivity index (χ3n) is 15.3. The Labute approximate surface area is 338 Å². The topological polar surface area (TPSA) is 116 Å². The Morgan fingerprint density at radius 1 is 0.839 bits per heavy atom. The van der Waals surface area contributed by atoms with Crippen molar-refractivity contribution >= 4 is 18.5 Å². The Kier molecular flexibility index (Phi) is 16.2. The number of allylic oxidation sites excluding steroid dienone is 1. The van der Waals surface area contributed by atoms with Crippen LogP contribution >= 0.6 is 0 Å². The highest BCUT2D eigenvalue weighted by Gasteiger charge is 2.65. The summed E-state index contributed by atoms with van der Waals surface area (Å²) in [5.41, 5.74) is 4.56. The molecule has 5 saturated carbocycles. The van der Waals surface area contributed by atoms with E-state index >= 15 is 0 Å². The highest BCUT2D eigenvalue weighted by atomic mass is 16.4. The summed E-state index contributed by atoms with van der Waals surface area (Å²) in [4.78, 5) is 33.2. The zero-order chi connectivity index (χ0) is 41.1. The van der Waals surface area contributed by atoms with Crippen LogP contribution in [0.15, 0.2) is 61.2 Å². The standard InChI is InChI=1S/C26H42O.C10H13NO3.C10H13NO.C3H6/c1-23(2)12-6-13-25(4)21(23)11-15-24(3)19-10-16-26(17-27)14-5-7-20(26)18(19)8-9-22(24)25;1-11-9(10(13)14)6-7-2-4-8(12)5-3-7;1-11-6-5-9-3-2-4-10(7-9)8-12;1-3-2/h17-22H,5-16H2,1-4H3;2-5,9,11-12H,6H2,1H3,(H,13,14);2-4,7-8,11H,5-6H2,1H3;3H,1H2,2H3. The number of carboxylic acid groups (broad SMARTS) is 1. The molecule has 0 heterocycles. The fourth-order valence-electron chi connectivity index (χ4n) is 12.8. The first-order chi connectivity index (χ1) is 26.7. The zero-order valence-corrected chi connectivity index (χ0v) is 35.7. The quantitative estimate of drug-likeness (QED) is 0.148. The number of carboxylic acids is 1. The van der Waals surface area contributed by atoms with Crippen LogP contribution in [0.25, 0.3) is 0 Å². The van der Waals surface area contributed by atoms with Gasteiger partial charge in [0.05, 0.1) is 0 Å². The SMILES string of the molecule is C=CC.CC1(C)CCCC2(C)C1CCC1(C)C3CCC4(C=O)CCCC4C3CCC12.CNC(Cc1ccc(O)cc1)C(=O)O.CNCCc1cccc(C=O)c1. The van der Waals surface area contributed by atoms with E-state index in [1.54, 1.807) is 37.4 Å². The van der Waals surface area contributed by atoms with Gasteiger partial charge in [0.15, 0.2) is 0 Å². The maximum absolute atomic E-state index is 12.1. The van der Waals surface area contributed by atoms with Crippen LogP contribution in [0.4, 0.5) is 0 Å². The lowest BCUT2D eigenvalue weighted by Crippen LogP contribution is -2.61. The number of phenols is 1. The molecule has 7 rings (SSSR count). The van der Waals surface area contributed by atoms with E-state index in [9.17, 15) is 14.4 Å². The molecule has 0 amide bonds. The van der Waals surface area contributed by atoms with E-state index in [0.717, 1.165) is 60.0 Å².